The van der Waals surface area contributed by atoms with Crippen LogP contribution in [0.5, 0.6) is 0 Å². The third-order valence-electron chi connectivity index (χ3n) is 5.57. The van der Waals surface area contributed by atoms with E-state index in [0.29, 0.717) is 12.8 Å². The molecule has 184 valence electrons. The Hall–Kier alpha value is -2.69. The summed E-state index contributed by atoms with van der Waals surface area (Å²) in [5.41, 5.74) is 10.7. The molecule has 6 unspecified atom stereocenters. The van der Waals surface area contributed by atoms with E-state index in [0.717, 1.165) is 0 Å². The molecule has 0 heterocycles. The Morgan fingerprint density at radius 2 is 1.12 bits per heavy atom. The third kappa shape index (κ3) is 9.21. The van der Waals surface area contributed by atoms with Crippen molar-refractivity contribution < 1.29 is 29.1 Å². The zero-order valence-corrected chi connectivity index (χ0v) is 19.8. The molecule has 0 aromatic heterocycles. The van der Waals surface area contributed by atoms with Gasteiger partial charge in [0.1, 0.15) is 18.1 Å². The molecule has 0 aliphatic heterocycles. The summed E-state index contributed by atoms with van der Waals surface area (Å²) in [7, 11) is 0. The molecule has 0 aliphatic rings. The number of carbonyl (C=O) groups excluding carboxylic acids is 4. The van der Waals surface area contributed by atoms with Crippen LogP contribution in [0.4, 0.5) is 0 Å². The van der Waals surface area contributed by atoms with Crippen molar-refractivity contribution in [2.75, 3.05) is 0 Å². The number of hydrogen-bond acceptors (Lipinski definition) is 6. The summed E-state index contributed by atoms with van der Waals surface area (Å²) in [6, 6.07) is -4.33. The van der Waals surface area contributed by atoms with Crippen LogP contribution in [-0.2, 0) is 24.0 Å². The Morgan fingerprint density at radius 3 is 1.44 bits per heavy atom. The molecule has 0 rings (SSSR count). The van der Waals surface area contributed by atoms with Crippen molar-refractivity contribution in [2.24, 2.45) is 29.2 Å². The molecule has 0 fully saturated rings. The molecule has 0 spiro atoms. The number of hydrogen-bond donors (Lipinski definition) is 6. The summed E-state index contributed by atoms with van der Waals surface area (Å²) in [6.07, 6.45) is 0.712. The zero-order valence-electron chi connectivity index (χ0n) is 19.8. The van der Waals surface area contributed by atoms with Crippen molar-refractivity contribution >= 4 is 29.6 Å². The highest BCUT2D eigenvalue weighted by molar-refractivity contribution is 5.95. The molecule has 0 saturated carbocycles. The van der Waals surface area contributed by atoms with Gasteiger partial charge in [-0.3, -0.25) is 19.2 Å². The molecule has 32 heavy (non-hydrogen) atoms. The first-order valence-electron chi connectivity index (χ1n) is 10.9. The molecule has 0 saturated heterocycles. The number of carbonyl (C=O) groups is 5. The number of amides is 4. The van der Waals surface area contributed by atoms with Gasteiger partial charge in [0.15, 0.2) is 0 Å². The average molecular weight is 458 g/mol. The number of carboxylic acid groups (broad SMARTS) is 1. The first kappa shape index (κ1) is 29.3. The van der Waals surface area contributed by atoms with Crippen molar-refractivity contribution in [3.63, 3.8) is 0 Å². The van der Waals surface area contributed by atoms with Gasteiger partial charge in [0.25, 0.3) is 0 Å². The van der Waals surface area contributed by atoms with Crippen LogP contribution in [0, 0.1) is 17.8 Å². The van der Waals surface area contributed by atoms with Crippen LogP contribution in [0.2, 0.25) is 0 Å². The van der Waals surface area contributed by atoms with Gasteiger partial charge in [0.05, 0.1) is 12.5 Å². The van der Waals surface area contributed by atoms with Crippen molar-refractivity contribution in [1.29, 1.82) is 0 Å². The summed E-state index contributed by atoms with van der Waals surface area (Å²) < 4.78 is 0. The minimum atomic E-state index is -1.21. The molecule has 0 aliphatic carbocycles. The molecule has 0 bridgehead atoms. The lowest BCUT2D eigenvalue weighted by Gasteiger charge is -2.30. The van der Waals surface area contributed by atoms with Crippen LogP contribution in [0.3, 0.4) is 0 Å². The standard InChI is InChI=1S/C21H39N5O6/c1-7-11(5)16(25-18(28)13(22)9-14(23)27)20(30)26-17(12(6)8-2)19(29)24-15(10(3)4)21(31)32/h10-13,15-17H,7-9,22H2,1-6H3,(H2,23,27)(H,24,29)(H,25,28)(H,26,30)(H,31,32). The normalized spacial score (nSPS) is 16.8. The maximum absolute atomic E-state index is 13.1. The maximum Gasteiger partial charge on any atom is 0.326 e. The van der Waals surface area contributed by atoms with E-state index in [-0.39, 0.29) is 24.2 Å². The van der Waals surface area contributed by atoms with Gasteiger partial charge in [0.2, 0.25) is 23.6 Å². The van der Waals surface area contributed by atoms with Crippen LogP contribution >= 0.6 is 0 Å². The molecule has 11 nitrogen and oxygen atoms in total. The van der Waals surface area contributed by atoms with Crippen LogP contribution < -0.4 is 27.4 Å². The zero-order chi connectivity index (χ0) is 25.2. The van der Waals surface area contributed by atoms with E-state index in [1.54, 1.807) is 27.7 Å². The number of nitrogens with one attached hydrogen (secondary N) is 3. The Morgan fingerprint density at radius 1 is 0.750 bits per heavy atom. The predicted molar refractivity (Wildman–Crippen MR) is 119 cm³/mol. The van der Waals surface area contributed by atoms with Crippen molar-refractivity contribution in [2.45, 2.75) is 85.0 Å². The molecular formula is C21H39N5O6. The van der Waals surface area contributed by atoms with Crippen LogP contribution in [0.1, 0.15) is 60.8 Å². The van der Waals surface area contributed by atoms with Gasteiger partial charge in [-0.05, 0) is 17.8 Å². The van der Waals surface area contributed by atoms with Gasteiger partial charge in [-0.15, -0.1) is 0 Å². The third-order valence-corrected chi connectivity index (χ3v) is 5.57. The van der Waals surface area contributed by atoms with Crippen molar-refractivity contribution in [3.05, 3.63) is 0 Å². The topological polar surface area (TPSA) is 194 Å². The smallest absolute Gasteiger partial charge is 0.326 e. The van der Waals surface area contributed by atoms with Gasteiger partial charge in [0, 0.05) is 0 Å². The fourth-order valence-corrected chi connectivity index (χ4v) is 2.97. The molecule has 11 heteroatoms. The summed E-state index contributed by atoms with van der Waals surface area (Å²) >= 11 is 0. The summed E-state index contributed by atoms with van der Waals surface area (Å²) in [4.78, 5) is 60.8. The highest BCUT2D eigenvalue weighted by Gasteiger charge is 2.35. The van der Waals surface area contributed by atoms with Crippen molar-refractivity contribution in [1.82, 2.24) is 16.0 Å². The molecule has 6 atom stereocenters. The lowest BCUT2D eigenvalue weighted by atomic mass is 9.94. The number of rotatable bonds is 14. The molecular weight excluding hydrogens is 418 g/mol. The highest BCUT2D eigenvalue weighted by atomic mass is 16.4. The van der Waals surface area contributed by atoms with E-state index in [1.807, 2.05) is 13.8 Å². The van der Waals surface area contributed by atoms with Crippen LogP contribution in [-0.4, -0.2) is 58.9 Å². The minimum Gasteiger partial charge on any atom is -0.480 e. The summed E-state index contributed by atoms with van der Waals surface area (Å²) in [6.45, 7) is 10.5. The van der Waals surface area contributed by atoms with E-state index in [9.17, 15) is 29.1 Å². The highest BCUT2D eigenvalue weighted by Crippen LogP contribution is 2.13. The second kappa shape index (κ2) is 13.7. The van der Waals surface area contributed by atoms with Gasteiger partial charge in [-0.25, -0.2) is 4.79 Å². The van der Waals surface area contributed by atoms with E-state index in [4.69, 9.17) is 11.5 Å². The molecule has 0 aromatic carbocycles. The maximum atomic E-state index is 13.1. The molecule has 0 aromatic rings. The number of primary amides is 1. The monoisotopic (exact) mass is 457 g/mol. The SMILES string of the molecule is CCC(C)C(NC(=O)C(N)CC(N)=O)C(=O)NC(C(=O)NC(C(=O)O)C(C)C)C(C)CC. The Kier molecular flexibility index (Phi) is 12.5. The number of nitrogens with two attached hydrogens (primary N) is 2. The first-order valence-corrected chi connectivity index (χ1v) is 10.9. The largest absolute Gasteiger partial charge is 0.480 e. The lowest BCUT2D eigenvalue weighted by molar-refractivity contribution is -0.144. The van der Waals surface area contributed by atoms with E-state index in [1.165, 1.54) is 0 Å². The second-order valence-corrected chi connectivity index (χ2v) is 8.59. The van der Waals surface area contributed by atoms with Crippen LogP contribution in [0.15, 0.2) is 0 Å². The predicted octanol–water partition coefficient (Wildman–Crippen LogP) is -0.524. The van der Waals surface area contributed by atoms with Gasteiger partial charge in [-0.2, -0.15) is 0 Å². The summed E-state index contributed by atoms with van der Waals surface area (Å²) in [5, 5.41) is 17.1. The number of carboxylic acids is 1. The van der Waals surface area contributed by atoms with Crippen LogP contribution in [0.25, 0.3) is 0 Å². The fourth-order valence-electron chi connectivity index (χ4n) is 2.97. The van der Waals surface area contributed by atoms with E-state index >= 15 is 0 Å². The quantitative estimate of drug-likeness (QED) is 0.202. The average Bonchev–Trinajstić information content (AvgIpc) is 2.71. The van der Waals surface area contributed by atoms with Gasteiger partial charge >= 0.3 is 5.97 Å². The van der Waals surface area contributed by atoms with Gasteiger partial charge in [-0.1, -0.05) is 54.4 Å². The first-order chi connectivity index (χ1) is 14.8. The second-order valence-electron chi connectivity index (χ2n) is 8.59. The van der Waals surface area contributed by atoms with E-state index in [2.05, 4.69) is 16.0 Å². The molecule has 4 amide bonds. The molecule has 8 N–H and O–H groups in total. The molecule has 0 radical (unpaired) electrons. The Bertz CT molecular complexity index is 684. The summed E-state index contributed by atoms with van der Waals surface area (Å²) in [5.74, 6) is -4.80. The Labute approximate surface area is 189 Å². The lowest BCUT2D eigenvalue weighted by Crippen LogP contribution is -2.60. The minimum absolute atomic E-state index is 0.300. The van der Waals surface area contributed by atoms with Gasteiger partial charge < -0.3 is 32.5 Å². The Balaban J connectivity index is 5.62. The number of aliphatic carboxylic acids is 1. The fraction of sp³-hybridized carbons (Fsp3) is 0.762. The van der Waals surface area contributed by atoms with Crippen molar-refractivity contribution in [3.8, 4) is 0 Å². The van der Waals surface area contributed by atoms with E-state index < -0.39 is 53.8 Å².